The number of para-hydroxylation sites is 1. The number of hydrogen-bond acceptors (Lipinski definition) is 6. The van der Waals surface area contributed by atoms with Crippen molar-refractivity contribution in [2.45, 2.75) is 20.4 Å². The Bertz CT molecular complexity index is 859. The molecule has 0 bridgehead atoms. The maximum absolute atomic E-state index is 13.6. The molecule has 9 heteroatoms. The van der Waals surface area contributed by atoms with Crippen molar-refractivity contribution < 1.29 is 9.18 Å². The zero-order chi connectivity index (χ0) is 16.4. The van der Waals surface area contributed by atoms with Gasteiger partial charge in [0.2, 0.25) is 0 Å². The molecule has 0 radical (unpaired) electrons. The first kappa shape index (κ1) is 15.2. The first-order chi connectivity index (χ1) is 11.1. The molecule has 23 heavy (non-hydrogen) atoms. The Morgan fingerprint density at radius 2 is 2.09 bits per heavy atom. The highest BCUT2D eigenvalue weighted by molar-refractivity contribution is 6.99. The molecule has 0 saturated carbocycles. The van der Waals surface area contributed by atoms with Crippen LogP contribution in [0.2, 0.25) is 0 Å². The summed E-state index contributed by atoms with van der Waals surface area (Å²) in [5.41, 5.74) is 2.43. The third-order valence-electron chi connectivity index (χ3n) is 3.37. The summed E-state index contributed by atoms with van der Waals surface area (Å²) in [7, 11) is 0. The molecule has 2 aromatic heterocycles. The normalized spacial score (nSPS) is 10.7. The van der Waals surface area contributed by atoms with Crippen LogP contribution in [0.1, 0.15) is 27.6 Å². The number of carbonyl (C=O) groups excluding carboxylic acids is 1. The van der Waals surface area contributed by atoms with E-state index >= 15 is 0 Å². The summed E-state index contributed by atoms with van der Waals surface area (Å²) in [6.07, 6.45) is 0. The van der Waals surface area contributed by atoms with Crippen LogP contribution < -0.4 is 5.32 Å². The average Bonchev–Trinajstić information content (AvgIpc) is 3.09. The van der Waals surface area contributed by atoms with E-state index in [4.69, 9.17) is 0 Å². The molecule has 0 atom stereocenters. The zero-order valence-corrected chi connectivity index (χ0v) is 13.3. The lowest BCUT2D eigenvalue weighted by molar-refractivity contribution is 0.102. The van der Waals surface area contributed by atoms with Gasteiger partial charge in [0.1, 0.15) is 5.82 Å². The highest BCUT2D eigenvalue weighted by Gasteiger charge is 2.18. The van der Waals surface area contributed by atoms with Gasteiger partial charge < -0.3 is 5.32 Å². The lowest BCUT2D eigenvalue weighted by Gasteiger charge is -2.05. The Kier molecular flexibility index (Phi) is 4.11. The fraction of sp³-hybridized carbons (Fsp3) is 0.214. The fourth-order valence-corrected chi connectivity index (χ4v) is 2.56. The summed E-state index contributed by atoms with van der Waals surface area (Å²) < 4.78 is 23.4. The number of anilines is 1. The third kappa shape index (κ3) is 3.09. The molecule has 0 spiro atoms. The Balaban J connectivity index is 1.80. The van der Waals surface area contributed by atoms with Gasteiger partial charge in [-0.1, -0.05) is 17.3 Å². The Morgan fingerprint density at radius 3 is 2.78 bits per heavy atom. The molecule has 1 N–H and O–H groups in total. The van der Waals surface area contributed by atoms with Crippen molar-refractivity contribution in [3.05, 3.63) is 52.9 Å². The summed E-state index contributed by atoms with van der Waals surface area (Å²) in [5, 5.41) is 10.3. The van der Waals surface area contributed by atoms with Crippen molar-refractivity contribution in [2.75, 3.05) is 5.32 Å². The van der Waals surface area contributed by atoms with Crippen LogP contribution in [0.25, 0.3) is 0 Å². The van der Waals surface area contributed by atoms with Crippen LogP contribution >= 0.6 is 11.7 Å². The van der Waals surface area contributed by atoms with E-state index in [-0.39, 0.29) is 11.4 Å². The van der Waals surface area contributed by atoms with Crippen molar-refractivity contribution >= 4 is 23.3 Å². The van der Waals surface area contributed by atoms with Crippen LogP contribution in [0.3, 0.4) is 0 Å². The second-order valence-electron chi connectivity index (χ2n) is 4.91. The fourth-order valence-electron chi connectivity index (χ4n) is 2.00. The zero-order valence-electron chi connectivity index (χ0n) is 12.4. The maximum Gasteiger partial charge on any atom is 0.278 e. The van der Waals surface area contributed by atoms with E-state index in [9.17, 15) is 9.18 Å². The number of nitrogens with zero attached hydrogens (tertiary/aromatic N) is 5. The summed E-state index contributed by atoms with van der Waals surface area (Å²) in [4.78, 5) is 12.3. The number of aromatic nitrogens is 5. The average molecular weight is 332 g/mol. The van der Waals surface area contributed by atoms with Gasteiger partial charge in [-0.25, -0.2) is 9.07 Å². The van der Waals surface area contributed by atoms with E-state index in [2.05, 4.69) is 24.4 Å². The van der Waals surface area contributed by atoms with Crippen LogP contribution in [0.5, 0.6) is 0 Å². The summed E-state index contributed by atoms with van der Waals surface area (Å²) in [6, 6.07) is 5.95. The minimum atomic E-state index is -0.507. The highest BCUT2D eigenvalue weighted by Crippen LogP contribution is 2.15. The number of rotatable bonds is 4. The molecule has 0 aliphatic carbocycles. The molecule has 2 heterocycles. The largest absolute Gasteiger partial charge is 0.318 e. The van der Waals surface area contributed by atoms with E-state index in [1.165, 1.54) is 12.1 Å². The van der Waals surface area contributed by atoms with Gasteiger partial charge in [-0.2, -0.15) is 8.75 Å². The second kappa shape index (κ2) is 6.21. The van der Waals surface area contributed by atoms with Crippen molar-refractivity contribution in [3.63, 3.8) is 0 Å². The van der Waals surface area contributed by atoms with Crippen molar-refractivity contribution in [1.29, 1.82) is 0 Å². The van der Waals surface area contributed by atoms with Gasteiger partial charge in [0.15, 0.2) is 5.69 Å². The number of nitrogens with one attached hydrogen (secondary N) is 1. The molecular weight excluding hydrogens is 319 g/mol. The maximum atomic E-state index is 13.6. The Labute approximate surface area is 135 Å². The molecule has 1 amide bonds. The van der Waals surface area contributed by atoms with Crippen LogP contribution in [0.4, 0.5) is 10.1 Å². The van der Waals surface area contributed by atoms with Gasteiger partial charge in [0.05, 0.1) is 41.0 Å². The van der Waals surface area contributed by atoms with Crippen LogP contribution in [0, 0.1) is 19.7 Å². The minimum Gasteiger partial charge on any atom is -0.318 e. The van der Waals surface area contributed by atoms with Gasteiger partial charge in [-0.3, -0.25) is 4.79 Å². The van der Waals surface area contributed by atoms with Crippen LogP contribution in [0.15, 0.2) is 24.3 Å². The second-order valence-corrected chi connectivity index (χ2v) is 5.44. The monoisotopic (exact) mass is 332 g/mol. The number of halogens is 1. The van der Waals surface area contributed by atoms with Gasteiger partial charge in [-0.05, 0) is 26.0 Å². The Morgan fingerprint density at radius 1 is 1.30 bits per heavy atom. The van der Waals surface area contributed by atoms with Crippen LogP contribution in [-0.4, -0.2) is 29.6 Å². The molecule has 0 aliphatic rings. The number of carbonyl (C=O) groups is 1. The Hall–Kier alpha value is -2.68. The van der Waals surface area contributed by atoms with Gasteiger partial charge in [-0.15, -0.1) is 5.10 Å². The molecular formula is C14H13FN6OS. The van der Waals surface area contributed by atoms with E-state index < -0.39 is 11.7 Å². The van der Waals surface area contributed by atoms with E-state index in [0.29, 0.717) is 12.2 Å². The molecule has 0 aliphatic heterocycles. The number of aryl methyl sites for hydroxylation is 1. The third-order valence-corrected chi connectivity index (χ3v) is 4.02. The standard InChI is InChI=1S/C14H13FN6OS/c1-8-12(19-23-18-8)7-21-9(2)13(17-20-21)14(22)16-11-6-4-3-5-10(11)15/h3-6H,7H2,1-2H3,(H,16,22). The number of hydrogen-bond donors (Lipinski definition) is 1. The smallest absolute Gasteiger partial charge is 0.278 e. The molecule has 1 aromatic carbocycles. The summed E-state index contributed by atoms with van der Waals surface area (Å²) >= 11 is 1.13. The molecule has 118 valence electrons. The van der Waals surface area contributed by atoms with Crippen molar-refractivity contribution in [1.82, 2.24) is 23.7 Å². The lowest BCUT2D eigenvalue weighted by Crippen LogP contribution is -2.15. The van der Waals surface area contributed by atoms with E-state index in [0.717, 1.165) is 23.1 Å². The molecule has 7 nitrogen and oxygen atoms in total. The van der Waals surface area contributed by atoms with Crippen molar-refractivity contribution in [3.8, 4) is 0 Å². The minimum absolute atomic E-state index is 0.103. The first-order valence-corrected chi connectivity index (χ1v) is 7.53. The quantitative estimate of drug-likeness (QED) is 0.791. The predicted molar refractivity (Wildman–Crippen MR) is 82.9 cm³/mol. The molecule has 3 aromatic rings. The van der Waals surface area contributed by atoms with E-state index in [1.54, 1.807) is 23.7 Å². The molecule has 3 rings (SSSR count). The number of benzene rings is 1. The topological polar surface area (TPSA) is 85.6 Å². The summed E-state index contributed by atoms with van der Waals surface area (Å²) in [6.45, 7) is 3.97. The number of amides is 1. The molecule has 0 unspecified atom stereocenters. The van der Waals surface area contributed by atoms with E-state index in [1.807, 2.05) is 6.92 Å². The van der Waals surface area contributed by atoms with Gasteiger partial charge in [0, 0.05) is 0 Å². The SMILES string of the molecule is Cc1nsnc1Cn1nnc(C(=O)Nc2ccccc2F)c1C. The summed E-state index contributed by atoms with van der Waals surface area (Å²) in [5.74, 6) is -1.01. The van der Waals surface area contributed by atoms with Gasteiger partial charge in [0.25, 0.3) is 5.91 Å². The molecule has 0 saturated heterocycles. The van der Waals surface area contributed by atoms with Crippen LogP contribution in [-0.2, 0) is 6.54 Å². The predicted octanol–water partition coefficient (Wildman–Crippen LogP) is 2.19. The highest BCUT2D eigenvalue weighted by atomic mass is 32.1. The van der Waals surface area contributed by atoms with Gasteiger partial charge >= 0.3 is 0 Å². The first-order valence-electron chi connectivity index (χ1n) is 6.80. The molecule has 0 fully saturated rings. The van der Waals surface area contributed by atoms with Crippen molar-refractivity contribution in [2.24, 2.45) is 0 Å². The lowest BCUT2D eigenvalue weighted by atomic mass is 10.2.